The molecule has 2 atom stereocenters. The van der Waals surface area contributed by atoms with Crippen LogP contribution in [-0.2, 0) is 37.4 Å². The number of amides is 1. The van der Waals surface area contributed by atoms with Crippen LogP contribution in [0.5, 0.6) is 0 Å². The predicted molar refractivity (Wildman–Crippen MR) is 97.6 cm³/mol. The highest BCUT2D eigenvalue weighted by molar-refractivity contribution is 5.94. The van der Waals surface area contributed by atoms with Crippen molar-refractivity contribution in [3.05, 3.63) is 17.0 Å². The Hall–Kier alpha value is -2.38. The Kier molecular flexibility index (Phi) is 6.98. The first-order chi connectivity index (χ1) is 12.8. The third-order valence-corrected chi connectivity index (χ3v) is 4.93. The molecule has 8 nitrogen and oxygen atoms in total. The molecule has 0 N–H and O–H groups in total. The van der Waals surface area contributed by atoms with Crippen molar-refractivity contribution in [1.82, 2.24) is 14.7 Å². The Balaban J connectivity index is 2.10. The van der Waals surface area contributed by atoms with Crippen molar-refractivity contribution in [2.75, 3.05) is 19.8 Å². The van der Waals surface area contributed by atoms with E-state index in [1.807, 2.05) is 20.9 Å². The van der Waals surface area contributed by atoms with Gasteiger partial charge in [-0.3, -0.25) is 19.1 Å². The molecule has 27 heavy (non-hydrogen) atoms. The highest BCUT2D eigenvalue weighted by atomic mass is 16.5. The van der Waals surface area contributed by atoms with Crippen LogP contribution >= 0.6 is 0 Å². The van der Waals surface area contributed by atoms with Crippen molar-refractivity contribution in [3.8, 4) is 0 Å². The Morgan fingerprint density at radius 1 is 1.19 bits per heavy atom. The molecule has 0 bridgehead atoms. The summed E-state index contributed by atoms with van der Waals surface area (Å²) in [6, 6.07) is 0. The van der Waals surface area contributed by atoms with Gasteiger partial charge in [-0.15, -0.1) is 0 Å². The van der Waals surface area contributed by atoms with Crippen LogP contribution in [0.15, 0.2) is 0 Å². The van der Waals surface area contributed by atoms with E-state index in [1.54, 1.807) is 23.4 Å². The topological polar surface area (TPSA) is 90.7 Å². The number of aromatic nitrogens is 2. The van der Waals surface area contributed by atoms with Crippen LogP contribution in [0.4, 0.5) is 0 Å². The molecule has 0 spiro atoms. The minimum absolute atomic E-state index is 0.0625. The second-order valence-electron chi connectivity index (χ2n) is 6.88. The Labute approximate surface area is 159 Å². The van der Waals surface area contributed by atoms with Gasteiger partial charge >= 0.3 is 11.9 Å². The van der Waals surface area contributed by atoms with Gasteiger partial charge in [0.15, 0.2) is 0 Å². The van der Waals surface area contributed by atoms with Gasteiger partial charge in [-0.25, -0.2) is 0 Å². The fourth-order valence-electron chi connectivity index (χ4n) is 3.21. The largest absolute Gasteiger partial charge is 0.466 e. The Morgan fingerprint density at radius 3 is 2.41 bits per heavy atom. The van der Waals surface area contributed by atoms with E-state index in [0.717, 1.165) is 17.0 Å². The summed E-state index contributed by atoms with van der Waals surface area (Å²) in [6.07, 6.45) is 0.399. The van der Waals surface area contributed by atoms with E-state index >= 15 is 0 Å². The highest BCUT2D eigenvalue weighted by Crippen LogP contribution is 2.40. The summed E-state index contributed by atoms with van der Waals surface area (Å²) < 4.78 is 11.7. The van der Waals surface area contributed by atoms with E-state index in [0.29, 0.717) is 26.1 Å². The van der Waals surface area contributed by atoms with Gasteiger partial charge in [-0.1, -0.05) is 0 Å². The molecule has 1 aliphatic carbocycles. The maximum atomic E-state index is 12.7. The molecule has 0 saturated heterocycles. The van der Waals surface area contributed by atoms with Gasteiger partial charge in [0.1, 0.15) is 6.42 Å². The first-order valence-corrected chi connectivity index (χ1v) is 9.37. The zero-order valence-electron chi connectivity index (χ0n) is 16.8. The quantitative estimate of drug-likeness (QED) is 0.477. The SMILES string of the molecule is CCOC(=O)CC(=O)N(Cc1c(C)nn(C)c1C)C[C@@H]1C[C@H]1C(=O)OCC. The number of hydrogen-bond acceptors (Lipinski definition) is 6. The van der Waals surface area contributed by atoms with Crippen LogP contribution in [0, 0.1) is 25.7 Å². The second kappa shape index (κ2) is 9.01. The average molecular weight is 379 g/mol. The molecule has 1 fully saturated rings. The Morgan fingerprint density at radius 2 is 1.85 bits per heavy atom. The molecule has 1 amide bonds. The maximum Gasteiger partial charge on any atom is 0.315 e. The zero-order chi connectivity index (χ0) is 20.1. The molecule has 0 radical (unpaired) electrons. The van der Waals surface area contributed by atoms with E-state index in [9.17, 15) is 14.4 Å². The molecule has 0 aromatic carbocycles. The van der Waals surface area contributed by atoms with Gasteiger partial charge in [0.2, 0.25) is 5.91 Å². The average Bonchev–Trinajstić information content (AvgIpc) is 3.32. The first kappa shape index (κ1) is 20.9. The highest BCUT2D eigenvalue weighted by Gasteiger charge is 2.45. The Bertz CT molecular complexity index is 712. The lowest BCUT2D eigenvalue weighted by Gasteiger charge is -2.23. The van der Waals surface area contributed by atoms with Crippen LogP contribution in [0.2, 0.25) is 0 Å². The molecule has 1 heterocycles. The summed E-state index contributed by atoms with van der Waals surface area (Å²) in [7, 11) is 1.86. The van der Waals surface area contributed by atoms with Gasteiger partial charge in [-0.05, 0) is 40.0 Å². The van der Waals surface area contributed by atoms with Crippen LogP contribution in [0.3, 0.4) is 0 Å². The summed E-state index contributed by atoms with van der Waals surface area (Å²) in [5, 5.41) is 4.39. The molecule has 1 aromatic heterocycles. The summed E-state index contributed by atoms with van der Waals surface area (Å²) in [4.78, 5) is 38.0. The molecule has 0 aliphatic heterocycles. The van der Waals surface area contributed by atoms with E-state index in [2.05, 4.69) is 5.10 Å². The van der Waals surface area contributed by atoms with Gasteiger partial charge in [0.25, 0.3) is 0 Å². The van der Waals surface area contributed by atoms with Crippen molar-refractivity contribution < 1.29 is 23.9 Å². The predicted octanol–water partition coefficient (Wildman–Crippen LogP) is 1.52. The minimum atomic E-state index is -0.537. The molecule has 150 valence electrons. The number of carbonyl (C=O) groups is 3. The van der Waals surface area contributed by atoms with E-state index in [4.69, 9.17) is 9.47 Å². The van der Waals surface area contributed by atoms with Crippen LogP contribution in [0.1, 0.15) is 43.6 Å². The van der Waals surface area contributed by atoms with Crippen molar-refractivity contribution >= 4 is 17.8 Å². The van der Waals surface area contributed by atoms with Crippen LogP contribution in [0.25, 0.3) is 0 Å². The molecular formula is C19H29N3O5. The maximum absolute atomic E-state index is 12.7. The lowest BCUT2D eigenvalue weighted by molar-refractivity contribution is -0.150. The minimum Gasteiger partial charge on any atom is -0.466 e. The van der Waals surface area contributed by atoms with Crippen molar-refractivity contribution in [3.63, 3.8) is 0 Å². The van der Waals surface area contributed by atoms with Gasteiger partial charge in [0, 0.05) is 31.4 Å². The number of esters is 2. The lowest BCUT2D eigenvalue weighted by Crippen LogP contribution is -2.35. The number of aryl methyl sites for hydroxylation is 2. The summed E-state index contributed by atoms with van der Waals surface area (Å²) >= 11 is 0. The van der Waals surface area contributed by atoms with E-state index < -0.39 is 5.97 Å². The standard InChI is InChI=1S/C19H29N3O5/c1-6-26-18(24)9-17(23)22(10-14-8-15(14)19(25)27-7-2)11-16-12(3)20-21(5)13(16)4/h14-15H,6-11H2,1-5H3/t14-,15+/m0/s1. The number of nitrogens with zero attached hydrogens (tertiary/aromatic N) is 3. The second-order valence-corrected chi connectivity index (χ2v) is 6.88. The van der Waals surface area contributed by atoms with Crippen molar-refractivity contribution in [2.24, 2.45) is 18.9 Å². The smallest absolute Gasteiger partial charge is 0.315 e. The molecular weight excluding hydrogens is 350 g/mol. The fourth-order valence-corrected chi connectivity index (χ4v) is 3.21. The third kappa shape index (κ3) is 5.30. The number of rotatable bonds is 9. The lowest BCUT2D eigenvalue weighted by atomic mass is 10.1. The number of hydrogen-bond donors (Lipinski definition) is 0. The molecule has 0 unspecified atom stereocenters. The molecule has 1 saturated carbocycles. The molecule has 1 aromatic rings. The van der Waals surface area contributed by atoms with Gasteiger partial charge in [-0.2, -0.15) is 5.10 Å². The van der Waals surface area contributed by atoms with Crippen molar-refractivity contribution in [2.45, 2.75) is 47.1 Å². The normalized spacial score (nSPS) is 18.1. The van der Waals surface area contributed by atoms with E-state index in [1.165, 1.54) is 0 Å². The zero-order valence-corrected chi connectivity index (χ0v) is 16.8. The van der Waals surface area contributed by atoms with Gasteiger partial charge < -0.3 is 14.4 Å². The van der Waals surface area contributed by atoms with Gasteiger partial charge in [0.05, 0.1) is 24.8 Å². The number of carbonyl (C=O) groups excluding carboxylic acids is 3. The molecule has 8 heteroatoms. The summed E-state index contributed by atoms with van der Waals surface area (Å²) in [5.41, 5.74) is 2.78. The molecule has 2 rings (SSSR count). The third-order valence-electron chi connectivity index (χ3n) is 4.93. The van der Waals surface area contributed by atoms with Crippen LogP contribution < -0.4 is 0 Å². The monoisotopic (exact) mass is 379 g/mol. The summed E-state index contributed by atoms with van der Waals surface area (Å²) in [5.74, 6) is -1.16. The number of ether oxygens (including phenoxy) is 2. The summed E-state index contributed by atoms with van der Waals surface area (Å²) in [6.45, 7) is 8.68. The molecule has 1 aliphatic rings. The van der Waals surface area contributed by atoms with E-state index in [-0.39, 0.29) is 36.7 Å². The van der Waals surface area contributed by atoms with Crippen molar-refractivity contribution in [1.29, 1.82) is 0 Å². The van der Waals surface area contributed by atoms with Crippen LogP contribution in [-0.4, -0.2) is 52.3 Å². The fraction of sp³-hybridized carbons (Fsp3) is 0.684. The first-order valence-electron chi connectivity index (χ1n) is 9.37.